The SMILES string of the molecule is COc1cc(N(c2ccccc2)c2ccccc2)ccc1C1(c2ccc(N(c3ccccc3)c3ccccc3)cc2O)OC(=O)c2ccccc21. The molecule has 7 aromatic rings. The summed E-state index contributed by atoms with van der Waals surface area (Å²) >= 11 is 0. The van der Waals surface area contributed by atoms with Crippen molar-refractivity contribution < 1.29 is 19.4 Å². The van der Waals surface area contributed by atoms with Gasteiger partial charge in [-0.2, -0.15) is 0 Å². The number of para-hydroxylation sites is 4. The molecule has 0 spiro atoms. The molecule has 7 aromatic carbocycles. The molecule has 6 heteroatoms. The van der Waals surface area contributed by atoms with Gasteiger partial charge in [0.25, 0.3) is 0 Å². The van der Waals surface area contributed by atoms with Crippen molar-refractivity contribution in [2.24, 2.45) is 0 Å². The maximum Gasteiger partial charge on any atom is 0.340 e. The van der Waals surface area contributed by atoms with Crippen LogP contribution in [-0.2, 0) is 10.3 Å². The largest absolute Gasteiger partial charge is 0.507 e. The second-order valence-electron chi connectivity index (χ2n) is 12.2. The standard InChI is InChI=1S/C45H34N2O4/c1-50-43-31-37(47(34-20-10-4-11-21-34)35-22-12-5-13-23-35)27-29-41(43)45(39-25-15-14-24-38(39)44(49)51-45)40-28-26-36(30-42(40)48)46(32-16-6-2-7-17-32)33-18-8-3-9-19-33/h2-31,48H,1H3. The molecule has 0 radical (unpaired) electrons. The Balaban J connectivity index is 1.31. The molecule has 51 heavy (non-hydrogen) atoms. The first-order chi connectivity index (χ1) is 25.1. The number of carbonyl (C=O) groups excluding carboxylic acids is 1. The summed E-state index contributed by atoms with van der Waals surface area (Å²) in [6, 6.07) is 58.9. The highest BCUT2D eigenvalue weighted by atomic mass is 16.6. The zero-order valence-electron chi connectivity index (χ0n) is 27.9. The predicted octanol–water partition coefficient (Wildman–Crippen LogP) is 10.8. The topological polar surface area (TPSA) is 62.2 Å². The molecule has 0 aromatic heterocycles. The van der Waals surface area contributed by atoms with Gasteiger partial charge in [-0.1, -0.05) is 91.0 Å². The number of phenols is 1. The summed E-state index contributed by atoms with van der Waals surface area (Å²) in [7, 11) is 1.61. The van der Waals surface area contributed by atoms with Crippen molar-refractivity contribution >= 4 is 40.1 Å². The third kappa shape index (κ3) is 5.53. The average Bonchev–Trinajstić information content (AvgIpc) is 3.49. The Labute approximate surface area is 297 Å². The molecule has 1 unspecified atom stereocenters. The fourth-order valence-corrected chi connectivity index (χ4v) is 7.03. The van der Waals surface area contributed by atoms with E-state index in [4.69, 9.17) is 9.47 Å². The summed E-state index contributed by atoms with van der Waals surface area (Å²) in [4.78, 5) is 17.9. The lowest BCUT2D eigenvalue weighted by Gasteiger charge is -2.34. The lowest BCUT2D eigenvalue weighted by atomic mass is 9.78. The smallest absolute Gasteiger partial charge is 0.340 e. The number of phenolic OH excluding ortho intramolecular Hbond substituents is 1. The summed E-state index contributed by atoms with van der Waals surface area (Å²) in [5, 5.41) is 12.1. The molecule has 0 saturated heterocycles. The Kier molecular flexibility index (Phi) is 8.18. The second-order valence-corrected chi connectivity index (χ2v) is 12.2. The van der Waals surface area contributed by atoms with E-state index in [1.54, 1.807) is 19.2 Å². The maximum absolute atomic E-state index is 13.7. The number of benzene rings is 7. The van der Waals surface area contributed by atoms with Crippen molar-refractivity contribution in [3.05, 3.63) is 204 Å². The lowest BCUT2D eigenvalue weighted by molar-refractivity contribution is 0.0239. The number of fused-ring (bicyclic) bond motifs is 1. The van der Waals surface area contributed by atoms with Crippen molar-refractivity contribution in [1.82, 2.24) is 0 Å². The van der Waals surface area contributed by atoms with E-state index in [1.165, 1.54) is 0 Å². The van der Waals surface area contributed by atoms with Crippen molar-refractivity contribution in [2.75, 3.05) is 16.9 Å². The minimum atomic E-state index is -1.51. The van der Waals surface area contributed by atoms with E-state index in [9.17, 15) is 9.90 Å². The minimum Gasteiger partial charge on any atom is -0.507 e. The molecular formula is C45H34N2O4. The monoisotopic (exact) mass is 666 g/mol. The zero-order valence-corrected chi connectivity index (χ0v) is 27.9. The van der Waals surface area contributed by atoms with Crippen molar-refractivity contribution in [3.8, 4) is 11.5 Å². The number of anilines is 6. The Morgan fingerprint density at radius 3 is 1.39 bits per heavy atom. The van der Waals surface area contributed by atoms with Crippen molar-refractivity contribution in [1.29, 1.82) is 0 Å². The van der Waals surface area contributed by atoms with Crippen LogP contribution < -0.4 is 14.5 Å². The van der Waals surface area contributed by atoms with Crippen LogP contribution in [0.2, 0.25) is 0 Å². The first-order valence-electron chi connectivity index (χ1n) is 16.7. The summed E-state index contributed by atoms with van der Waals surface area (Å²) < 4.78 is 12.6. The molecule has 0 bridgehead atoms. The quantitative estimate of drug-likeness (QED) is 0.155. The normalized spacial score (nSPS) is 14.7. The fraction of sp³-hybridized carbons (Fsp3) is 0.0444. The Bertz CT molecular complexity index is 2240. The van der Waals surface area contributed by atoms with Gasteiger partial charge in [-0.15, -0.1) is 0 Å². The van der Waals surface area contributed by atoms with E-state index in [1.807, 2.05) is 146 Å². The Hall–Kier alpha value is -6.79. The predicted molar refractivity (Wildman–Crippen MR) is 202 cm³/mol. The van der Waals surface area contributed by atoms with Gasteiger partial charge >= 0.3 is 5.97 Å². The highest BCUT2D eigenvalue weighted by Crippen LogP contribution is 2.54. The molecule has 1 aliphatic heterocycles. The Morgan fingerprint density at radius 1 is 0.490 bits per heavy atom. The van der Waals surface area contributed by atoms with Crippen LogP contribution in [0.3, 0.4) is 0 Å². The second kappa shape index (κ2) is 13.3. The number of nitrogens with zero attached hydrogens (tertiary/aromatic N) is 2. The van der Waals surface area contributed by atoms with Gasteiger partial charge in [-0.05, 0) is 78.9 Å². The first kappa shape index (κ1) is 31.5. The molecule has 6 nitrogen and oxygen atoms in total. The maximum atomic E-state index is 13.7. The van der Waals surface area contributed by atoms with Crippen LogP contribution in [-0.4, -0.2) is 18.2 Å². The van der Waals surface area contributed by atoms with Gasteiger partial charge in [0.15, 0.2) is 5.60 Å². The van der Waals surface area contributed by atoms with Gasteiger partial charge in [0.1, 0.15) is 11.5 Å². The summed E-state index contributed by atoms with van der Waals surface area (Å²) in [6.45, 7) is 0. The van der Waals surface area contributed by atoms with Gasteiger partial charge in [0.05, 0.1) is 12.7 Å². The van der Waals surface area contributed by atoms with Gasteiger partial charge in [-0.25, -0.2) is 4.79 Å². The minimum absolute atomic E-state index is 0.0322. The number of aromatic hydroxyl groups is 1. The van der Waals surface area contributed by atoms with Gasteiger partial charge < -0.3 is 24.4 Å². The van der Waals surface area contributed by atoms with Gasteiger partial charge in [0.2, 0.25) is 0 Å². The number of ether oxygens (including phenoxy) is 2. The highest BCUT2D eigenvalue weighted by Gasteiger charge is 2.51. The first-order valence-corrected chi connectivity index (χ1v) is 16.7. The Morgan fingerprint density at radius 2 is 0.922 bits per heavy atom. The van der Waals surface area contributed by atoms with Crippen molar-refractivity contribution in [3.63, 3.8) is 0 Å². The number of rotatable bonds is 9. The molecule has 8 rings (SSSR count). The summed E-state index contributed by atoms with van der Waals surface area (Å²) in [5.74, 6) is -0.0201. The van der Waals surface area contributed by atoms with Crippen LogP contribution in [0.1, 0.15) is 27.0 Å². The van der Waals surface area contributed by atoms with Crippen LogP contribution >= 0.6 is 0 Å². The van der Waals surface area contributed by atoms with Crippen LogP contribution in [0.5, 0.6) is 11.5 Å². The molecule has 1 N–H and O–H groups in total. The molecule has 1 atom stereocenters. The number of hydrogen-bond acceptors (Lipinski definition) is 6. The average molecular weight is 667 g/mol. The number of cyclic esters (lactones) is 1. The molecular weight excluding hydrogens is 633 g/mol. The molecule has 0 fully saturated rings. The van der Waals surface area contributed by atoms with E-state index in [0.29, 0.717) is 28.0 Å². The third-order valence-electron chi connectivity index (χ3n) is 9.27. The summed E-state index contributed by atoms with van der Waals surface area (Å²) in [5.41, 5.74) is 5.94. The van der Waals surface area contributed by atoms with E-state index in [2.05, 4.69) is 34.1 Å². The fourth-order valence-electron chi connectivity index (χ4n) is 7.03. The van der Waals surface area contributed by atoms with Crippen LogP contribution in [0, 0.1) is 0 Å². The van der Waals surface area contributed by atoms with Crippen LogP contribution in [0.4, 0.5) is 34.1 Å². The van der Waals surface area contributed by atoms with Gasteiger partial charge in [0, 0.05) is 62.9 Å². The van der Waals surface area contributed by atoms with E-state index >= 15 is 0 Å². The molecule has 248 valence electrons. The molecule has 1 aliphatic rings. The number of methoxy groups -OCH3 is 1. The lowest BCUT2D eigenvalue weighted by Crippen LogP contribution is -2.30. The number of hydrogen-bond donors (Lipinski definition) is 1. The third-order valence-corrected chi connectivity index (χ3v) is 9.27. The van der Waals surface area contributed by atoms with Crippen molar-refractivity contribution in [2.45, 2.75) is 5.60 Å². The van der Waals surface area contributed by atoms with E-state index in [-0.39, 0.29) is 5.75 Å². The number of carbonyl (C=O) groups is 1. The molecule has 1 heterocycles. The zero-order chi connectivity index (χ0) is 34.8. The number of esters is 1. The molecule has 0 amide bonds. The summed E-state index contributed by atoms with van der Waals surface area (Å²) in [6.07, 6.45) is 0. The van der Waals surface area contributed by atoms with Crippen LogP contribution in [0.25, 0.3) is 0 Å². The molecule has 0 saturated carbocycles. The molecule has 0 aliphatic carbocycles. The van der Waals surface area contributed by atoms with E-state index in [0.717, 1.165) is 34.1 Å². The highest BCUT2D eigenvalue weighted by molar-refractivity contribution is 5.97. The van der Waals surface area contributed by atoms with Gasteiger partial charge in [-0.3, -0.25) is 0 Å². The van der Waals surface area contributed by atoms with E-state index < -0.39 is 11.6 Å². The van der Waals surface area contributed by atoms with Crippen LogP contribution in [0.15, 0.2) is 182 Å².